The molecule has 6 heteroatoms. The number of fused-ring (bicyclic) bond motifs is 7. The summed E-state index contributed by atoms with van der Waals surface area (Å²) in [5, 5.41) is 13.2. The molecule has 0 radical (unpaired) electrons. The highest BCUT2D eigenvalue weighted by atomic mass is 16.5. The number of nitrogens with one attached hydrogen (secondary N) is 1. The van der Waals surface area contributed by atoms with E-state index >= 15 is 0 Å². The Bertz CT molecular complexity index is 1290. The fourth-order valence-electron chi connectivity index (χ4n) is 13.8. The molecular formula is C39H61NO5. The van der Waals surface area contributed by atoms with Crippen molar-refractivity contribution in [3.63, 3.8) is 0 Å². The maximum atomic E-state index is 14.6. The number of amides is 1. The lowest BCUT2D eigenvalue weighted by Gasteiger charge is -2.73. The Labute approximate surface area is 272 Å². The van der Waals surface area contributed by atoms with E-state index in [4.69, 9.17) is 4.74 Å². The number of rotatable bonds is 5. The third-order valence-electron chi connectivity index (χ3n) is 16.6. The first kappa shape index (κ1) is 33.1. The number of carbonyl (C=O) groups excluding carboxylic acids is 2. The fraction of sp³-hybridized carbons (Fsp3) is 0.872. The average molecular weight is 624 g/mol. The van der Waals surface area contributed by atoms with Gasteiger partial charge in [-0.2, -0.15) is 0 Å². The minimum atomic E-state index is -0.755. The zero-order valence-corrected chi connectivity index (χ0v) is 29.7. The van der Waals surface area contributed by atoms with Crippen molar-refractivity contribution < 1.29 is 24.2 Å². The second kappa shape index (κ2) is 10.3. The predicted molar refractivity (Wildman–Crippen MR) is 176 cm³/mol. The normalized spacial score (nSPS) is 49.2. The van der Waals surface area contributed by atoms with Crippen LogP contribution in [0, 0.1) is 68.0 Å². The molecule has 12 atom stereocenters. The maximum absolute atomic E-state index is 14.6. The lowest BCUT2D eigenvalue weighted by Crippen LogP contribution is -2.68. The third-order valence-corrected chi connectivity index (χ3v) is 16.6. The molecule has 6 nitrogen and oxygen atoms in total. The molecule has 1 amide bonds. The molecule has 6 rings (SSSR count). The lowest BCUT2D eigenvalue weighted by atomic mass is 9.32. The average Bonchev–Trinajstić information content (AvgIpc) is 3.33. The summed E-state index contributed by atoms with van der Waals surface area (Å²) in [5.74, 6) is 1.10. The Morgan fingerprint density at radius 2 is 1.47 bits per heavy atom. The number of carbonyl (C=O) groups is 3. The predicted octanol–water partition coefficient (Wildman–Crippen LogP) is 8.19. The van der Waals surface area contributed by atoms with Crippen molar-refractivity contribution in [3.8, 4) is 0 Å². The van der Waals surface area contributed by atoms with Crippen LogP contribution in [0.4, 0.5) is 0 Å². The monoisotopic (exact) mass is 623 g/mol. The molecule has 2 N–H and O–H groups in total. The van der Waals surface area contributed by atoms with Crippen LogP contribution >= 0.6 is 0 Å². The number of hydrogen-bond donors (Lipinski definition) is 2. The van der Waals surface area contributed by atoms with E-state index in [2.05, 4.69) is 53.4 Å². The molecule has 6 saturated carbocycles. The second-order valence-corrected chi connectivity index (χ2v) is 18.8. The van der Waals surface area contributed by atoms with Gasteiger partial charge in [0.1, 0.15) is 6.10 Å². The standard InChI is InChI=1S/C39H61NO5/c1-22(2)24-13-18-39(33(44)40-29-21-26(32(42)43)34(29,4)5)20-19-37(9)25(31(24)39)11-12-28-36(8)16-15-30(45-23(3)41)35(6,7)27(36)14-17-38(28,37)10/h24-31H,1,11-21H2,2-10H3,(H,40,44)(H,42,43)/t24-,25+,26?,27-,28+,29?,30-,31+,36-,37+,38+,39-/m0/s1. The van der Waals surface area contributed by atoms with Gasteiger partial charge >= 0.3 is 11.9 Å². The summed E-state index contributed by atoms with van der Waals surface area (Å²) in [7, 11) is 0. The molecule has 0 aromatic heterocycles. The number of carboxylic acids is 1. The summed E-state index contributed by atoms with van der Waals surface area (Å²) in [5.41, 5.74) is 0.855. The highest BCUT2D eigenvalue weighted by Crippen LogP contribution is 2.77. The first-order valence-corrected chi connectivity index (χ1v) is 18.1. The molecule has 0 heterocycles. The van der Waals surface area contributed by atoms with Crippen molar-refractivity contribution in [1.29, 1.82) is 0 Å². The van der Waals surface area contributed by atoms with Crippen molar-refractivity contribution in [1.82, 2.24) is 5.32 Å². The van der Waals surface area contributed by atoms with Crippen LogP contribution in [0.2, 0.25) is 0 Å². The van der Waals surface area contributed by atoms with Gasteiger partial charge in [-0.05, 0) is 129 Å². The zero-order chi connectivity index (χ0) is 33.1. The second-order valence-electron chi connectivity index (χ2n) is 18.8. The summed E-state index contributed by atoms with van der Waals surface area (Å²) < 4.78 is 5.94. The molecule has 0 aromatic carbocycles. The molecule has 0 saturated heterocycles. The van der Waals surface area contributed by atoms with Crippen molar-refractivity contribution >= 4 is 17.8 Å². The van der Waals surface area contributed by atoms with Crippen LogP contribution in [0.25, 0.3) is 0 Å². The first-order valence-electron chi connectivity index (χ1n) is 18.1. The first-order chi connectivity index (χ1) is 20.8. The van der Waals surface area contributed by atoms with Crippen molar-refractivity contribution in [2.45, 2.75) is 145 Å². The number of allylic oxidation sites excluding steroid dienone is 1. The van der Waals surface area contributed by atoms with Gasteiger partial charge in [0.25, 0.3) is 0 Å². The van der Waals surface area contributed by atoms with Gasteiger partial charge in [0.05, 0.1) is 11.3 Å². The molecule has 0 aliphatic heterocycles. The number of esters is 1. The van der Waals surface area contributed by atoms with Gasteiger partial charge in [-0.1, -0.05) is 60.6 Å². The van der Waals surface area contributed by atoms with Crippen molar-refractivity contribution in [2.24, 2.45) is 68.0 Å². The van der Waals surface area contributed by atoms with Gasteiger partial charge in [0, 0.05) is 18.4 Å². The van der Waals surface area contributed by atoms with E-state index in [9.17, 15) is 19.5 Å². The van der Waals surface area contributed by atoms with E-state index < -0.39 is 22.7 Å². The van der Waals surface area contributed by atoms with Gasteiger partial charge in [-0.25, -0.2) is 0 Å². The van der Waals surface area contributed by atoms with Gasteiger partial charge in [0.2, 0.25) is 5.91 Å². The van der Waals surface area contributed by atoms with Gasteiger partial charge in [-0.3, -0.25) is 14.4 Å². The van der Waals surface area contributed by atoms with Crippen molar-refractivity contribution in [2.75, 3.05) is 0 Å². The molecule has 2 unspecified atom stereocenters. The summed E-state index contributed by atoms with van der Waals surface area (Å²) in [6.45, 7) is 24.7. The van der Waals surface area contributed by atoms with E-state index in [1.54, 1.807) is 6.92 Å². The number of aliphatic carboxylic acids is 1. The minimum absolute atomic E-state index is 0.0144. The Morgan fingerprint density at radius 3 is 2.07 bits per heavy atom. The Morgan fingerprint density at radius 1 is 0.778 bits per heavy atom. The van der Waals surface area contributed by atoms with Crippen LogP contribution in [0.15, 0.2) is 12.2 Å². The maximum Gasteiger partial charge on any atom is 0.307 e. The molecule has 6 aliphatic rings. The van der Waals surface area contributed by atoms with Crippen LogP contribution < -0.4 is 5.32 Å². The van der Waals surface area contributed by atoms with Crippen LogP contribution in [0.5, 0.6) is 0 Å². The van der Waals surface area contributed by atoms with Gasteiger partial charge in [-0.15, -0.1) is 0 Å². The van der Waals surface area contributed by atoms with Crippen LogP contribution in [0.1, 0.15) is 133 Å². The van der Waals surface area contributed by atoms with E-state index in [0.29, 0.717) is 30.1 Å². The molecule has 252 valence electrons. The van der Waals surface area contributed by atoms with Crippen LogP contribution in [-0.2, 0) is 19.1 Å². The molecule has 0 bridgehead atoms. The summed E-state index contributed by atoms with van der Waals surface area (Å²) >= 11 is 0. The molecular weight excluding hydrogens is 562 g/mol. The fourth-order valence-corrected chi connectivity index (χ4v) is 13.8. The van der Waals surface area contributed by atoms with Crippen LogP contribution in [0.3, 0.4) is 0 Å². The third kappa shape index (κ3) is 4.34. The SMILES string of the molecule is C=C(C)[C@@H]1CC[C@]2(C(=O)NC3CC(C(=O)O)C3(C)C)CC[C@]3(C)[C@H](CC[C@@H]4[C@@]5(C)CC[C@H](OC(C)=O)C(C)(C)[C@@H]5CC[C@]43C)[C@@H]12. The van der Waals surface area contributed by atoms with E-state index in [-0.39, 0.29) is 51.6 Å². The van der Waals surface area contributed by atoms with E-state index in [1.165, 1.54) is 18.4 Å². The zero-order valence-electron chi connectivity index (χ0n) is 29.7. The van der Waals surface area contributed by atoms with Gasteiger partial charge < -0.3 is 15.2 Å². The summed E-state index contributed by atoms with van der Waals surface area (Å²) in [4.78, 5) is 38.4. The van der Waals surface area contributed by atoms with Gasteiger partial charge in [0.15, 0.2) is 0 Å². The van der Waals surface area contributed by atoms with E-state index in [1.807, 2.05) is 13.8 Å². The summed E-state index contributed by atoms with van der Waals surface area (Å²) in [6, 6.07) is -0.0905. The molecule has 6 aliphatic carbocycles. The highest BCUT2D eigenvalue weighted by molar-refractivity contribution is 5.85. The Balaban J connectivity index is 1.31. The van der Waals surface area contributed by atoms with Crippen molar-refractivity contribution in [3.05, 3.63) is 12.2 Å². The topological polar surface area (TPSA) is 92.7 Å². The Kier molecular flexibility index (Phi) is 7.59. The molecule has 45 heavy (non-hydrogen) atoms. The smallest absolute Gasteiger partial charge is 0.307 e. The number of hydrogen-bond acceptors (Lipinski definition) is 4. The minimum Gasteiger partial charge on any atom is -0.481 e. The quantitative estimate of drug-likeness (QED) is 0.238. The number of ether oxygens (including phenoxy) is 1. The summed E-state index contributed by atoms with van der Waals surface area (Å²) in [6.07, 6.45) is 11.2. The highest BCUT2D eigenvalue weighted by Gasteiger charge is 2.72. The molecule has 0 spiro atoms. The lowest BCUT2D eigenvalue weighted by molar-refractivity contribution is -0.249. The molecule has 0 aromatic rings. The Hall–Kier alpha value is -1.85. The molecule has 6 fully saturated rings. The largest absolute Gasteiger partial charge is 0.481 e. The van der Waals surface area contributed by atoms with E-state index in [0.717, 1.165) is 51.4 Å². The van der Waals surface area contributed by atoms with Crippen LogP contribution in [-0.4, -0.2) is 35.1 Å². The number of carboxylic acid groups (broad SMARTS) is 1.